The lowest BCUT2D eigenvalue weighted by Crippen LogP contribution is -2.39. The van der Waals surface area contributed by atoms with Gasteiger partial charge in [0.25, 0.3) is 0 Å². The molecule has 22 heavy (non-hydrogen) atoms. The van der Waals surface area contributed by atoms with E-state index in [1.807, 2.05) is 30.5 Å². The van der Waals surface area contributed by atoms with Crippen LogP contribution in [0.15, 0.2) is 35.5 Å². The van der Waals surface area contributed by atoms with Crippen molar-refractivity contribution in [2.75, 3.05) is 20.1 Å². The maximum absolute atomic E-state index is 5.88. The Balaban J connectivity index is 1.67. The van der Waals surface area contributed by atoms with Gasteiger partial charge in [-0.05, 0) is 31.0 Å². The Labute approximate surface area is 140 Å². The Hall–Kier alpha value is -1.59. The lowest BCUT2D eigenvalue weighted by molar-refractivity contribution is 0.782. The molecule has 1 aromatic heterocycles. The van der Waals surface area contributed by atoms with Crippen molar-refractivity contribution in [1.29, 1.82) is 0 Å². The van der Waals surface area contributed by atoms with E-state index in [0.29, 0.717) is 0 Å². The second-order valence-electron chi connectivity index (χ2n) is 4.92. The number of aryl methyl sites for hydroxylation is 1. The molecule has 0 unspecified atom stereocenters. The molecule has 1 aromatic carbocycles. The minimum absolute atomic E-state index is 0.770. The third-order valence-corrected chi connectivity index (χ3v) is 4.37. The van der Waals surface area contributed by atoms with Crippen molar-refractivity contribution in [1.82, 2.24) is 15.6 Å². The van der Waals surface area contributed by atoms with Crippen LogP contribution in [0.25, 0.3) is 0 Å². The van der Waals surface area contributed by atoms with E-state index in [0.717, 1.165) is 41.9 Å². The van der Waals surface area contributed by atoms with E-state index < -0.39 is 0 Å². The van der Waals surface area contributed by atoms with Crippen molar-refractivity contribution < 1.29 is 0 Å². The smallest absolute Gasteiger partial charge is 0.191 e. The fourth-order valence-corrected chi connectivity index (χ4v) is 2.91. The van der Waals surface area contributed by atoms with Crippen LogP contribution in [-0.4, -0.2) is 31.1 Å². The van der Waals surface area contributed by atoms with Gasteiger partial charge in [-0.25, -0.2) is 4.98 Å². The van der Waals surface area contributed by atoms with Crippen molar-refractivity contribution in [3.8, 4) is 0 Å². The summed E-state index contributed by atoms with van der Waals surface area (Å²) >= 11 is 7.62. The van der Waals surface area contributed by atoms with E-state index in [-0.39, 0.29) is 0 Å². The molecule has 0 spiro atoms. The molecule has 1 heterocycles. The molecule has 118 valence electrons. The zero-order valence-corrected chi connectivity index (χ0v) is 14.5. The van der Waals surface area contributed by atoms with Crippen LogP contribution in [0.1, 0.15) is 15.4 Å². The van der Waals surface area contributed by atoms with Crippen LogP contribution in [-0.2, 0) is 12.8 Å². The van der Waals surface area contributed by atoms with Crippen LogP contribution < -0.4 is 10.6 Å². The van der Waals surface area contributed by atoms with Gasteiger partial charge in [-0.15, -0.1) is 11.3 Å². The number of halogens is 1. The molecule has 0 saturated carbocycles. The molecular formula is C16H21ClN4S. The van der Waals surface area contributed by atoms with Crippen molar-refractivity contribution >= 4 is 28.9 Å². The minimum atomic E-state index is 0.770. The number of aromatic nitrogens is 1. The molecule has 2 aromatic rings. The van der Waals surface area contributed by atoms with Gasteiger partial charge in [0.15, 0.2) is 5.96 Å². The molecule has 0 aliphatic rings. The molecule has 2 N–H and O–H groups in total. The molecule has 0 bridgehead atoms. The second-order valence-corrected chi connectivity index (χ2v) is 6.67. The number of aliphatic imine (C=N–C) groups is 1. The molecule has 6 heteroatoms. The summed E-state index contributed by atoms with van der Waals surface area (Å²) in [5, 5.41) is 8.54. The Kier molecular flexibility index (Phi) is 6.68. The number of rotatable bonds is 6. The summed E-state index contributed by atoms with van der Waals surface area (Å²) in [6, 6.07) is 7.93. The van der Waals surface area contributed by atoms with Crippen LogP contribution in [0.3, 0.4) is 0 Å². The monoisotopic (exact) mass is 336 g/mol. The van der Waals surface area contributed by atoms with Gasteiger partial charge in [-0.2, -0.15) is 0 Å². The van der Waals surface area contributed by atoms with Crippen molar-refractivity contribution in [3.63, 3.8) is 0 Å². The Morgan fingerprint density at radius 2 is 1.86 bits per heavy atom. The van der Waals surface area contributed by atoms with Gasteiger partial charge in [-0.3, -0.25) is 4.99 Å². The van der Waals surface area contributed by atoms with Crippen LogP contribution in [0.5, 0.6) is 0 Å². The summed E-state index contributed by atoms with van der Waals surface area (Å²) in [5.74, 6) is 0.822. The predicted molar refractivity (Wildman–Crippen MR) is 95.1 cm³/mol. The molecule has 0 saturated heterocycles. The number of hydrogen-bond acceptors (Lipinski definition) is 3. The third kappa shape index (κ3) is 5.66. The highest BCUT2D eigenvalue weighted by Crippen LogP contribution is 2.11. The maximum atomic E-state index is 5.88. The first-order valence-corrected chi connectivity index (χ1v) is 8.47. The highest BCUT2D eigenvalue weighted by atomic mass is 35.5. The van der Waals surface area contributed by atoms with E-state index >= 15 is 0 Å². The summed E-state index contributed by atoms with van der Waals surface area (Å²) in [7, 11) is 1.78. The summed E-state index contributed by atoms with van der Waals surface area (Å²) < 4.78 is 0. The van der Waals surface area contributed by atoms with Gasteiger partial charge in [-0.1, -0.05) is 23.7 Å². The lowest BCUT2D eigenvalue weighted by atomic mass is 10.1. The molecule has 2 rings (SSSR count). The lowest BCUT2D eigenvalue weighted by Gasteiger charge is -2.11. The highest BCUT2D eigenvalue weighted by molar-refractivity contribution is 7.11. The van der Waals surface area contributed by atoms with Crippen LogP contribution in [0, 0.1) is 6.92 Å². The maximum Gasteiger partial charge on any atom is 0.191 e. The molecular weight excluding hydrogens is 316 g/mol. The highest BCUT2D eigenvalue weighted by Gasteiger charge is 2.01. The first kappa shape index (κ1) is 16.8. The largest absolute Gasteiger partial charge is 0.356 e. The SMILES string of the molecule is CN=C(NCCc1ccc(Cl)cc1)NCCc1ncc(C)s1. The van der Waals surface area contributed by atoms with Gasteiger partial charge in [0, 0.05) is 42.7 Å². The van der Waals surface area contributed by atoms with Gasteiger partial charge in [0.2, 0.25) is 0 Å². The van der Waals surface area contributed by atoms with E-state index in [4.69, 9.17) is 11.6 Å². The predicted octanol–water partition coefficient (Wildman–Crippen LogP) is 3.06. The van der Waals surface area contributed by atoms with Crippen molar-refractivity contribution in [3.05, 3.63) is 50.9 Å². The Morgan fingerprint density at radius 1 is 1.18 bits per heavy atom. The molecule has 0 amide bonds. The summed E-state index contributed by atoms with van der Waals surface area (Å²) in [6.45, 7) is 3.73. The average molecular weight is 337 g/mol. The van der Waals surface area contributed by atoms with Crippen LogP contribution >= 0.6 is 22.9 Å². The van der Waals surface area contributed by atoms with Crippen LogP contribution in [0.4, 0.5) is 0 Å². The topological polar surface area (TPSA) is 49.3 Å². The minimum Gasteiger partial charge on any atom is -0.356 e. The molecule has 4 nitrogen and oxygen atoms in total. The van der Waals surface area contributed by atoms with Crippen molar-refractivity contribution in [2.24, 2.45) is 4.99 Å². The van der Waals surface area contributed by atoms with Gasteiger partial charge in [0.05, 0.1) is 5.01 Å². The van der Waals surface area contributed by atoms with E-state index in [1.165, 1.54) is 10.4 Å². The quantitative estimate of drug-likeness (QED) is 0.629. The number of nitrogens with one attached hydrogen (secondary N) is 2. The zero-order chi connectivity index (χ0) is 15.8. The number of nitrogens with zero attached hydrogens (tertiary/aromatic N) is 2. The third-order valence-electron chi connectivity index (χ3n) is 3.14. The first-order valence-electron chi connectivity index (χ1n) is 7.27. The molecule has 0 aliphatic carbocycles. The fraction of sp³-hybridized carbons (Fsp3) is 0.375. The molecule has 0 aliphatic heterocycles. The van der Waals surface area contributed by atoms with Gasteiger partial charge >= 0.3 is 0 Å². The van der Waals surface area contributed by atoms with Gasteiger partial charge < -0.3 is 10.6 Å². The first-order chi connectivity index (χ1) is 10.7. The Morgan fingerprint density at radius 3 is 2.45 bits per heavy atom. The molecule has 0 radical (unpaired) electrons. The number of hydrogen-bond donors (Lipinski definition) is 2. The average Bonchev–Trinajstić information content (AvgIpc) is 2.93. The summed E-state index contributed by atoms with van der Waals surface area (Å²) in [5.41, 5.74) is 1.26. The fourth-order valence-electron chi connectivity index (χ4n) is 2.00. The normalized spacial score (nSPS) is 11.5. The summed E-state index contributed by atoms with van der Waals surface area (Å²) in [6.07, 6.45) is 3.76. The standard InChI is InChI=1S/C16H21ClN4S/c1-12-11-21-15(22-12)8-10-20-16(18-2)19-9-7-13-3-5-14(17)6-4-13/h3-6,11H,7-10H2,1-2H3,(H2,18,19,20). The van der Waals surface area contributed by atoms with E-state index in [9.17, 15) is 0 Å². The number of benzene rings is 1. The second kappa shape index (κ2) is 8.76. The van der Waals surface area contributed by atoms with Gasteiger partial charge in [0.1, 0.15) is 0 Å². The number of guanidine groups is 1. The number of thiazole rings is 1. The molecule has 0 atom stereocenters. The van der Waals surface area contributed by atoms with E-state index in [2.05, 4.69) is 27.5 Å². The van der Waals surface area contributed by atoms with E-state index in [1.54, 1.807) is 18.4 Å². The molecule has 0 fully saturated rings. The zero-order valence-electron chi connectivity index (χ0n) is 12.9. The van der Waals surface area contributed by atoms with Crippen LogP contribution in [0.2, 0.25) is 5.02 Å². The Bertz CT molecular complexity index is 607. The summed E-state index contributed by atoms with van der Waals surface area (Å²) in [4.78, 5) is 9.83. The van der Waals surface area contributed by atoms with Crippen molar-refractivity contribution in [2.45, 2.75) is 19.8 Å².